The van der Waals surface area contributed by atoms with Gasteiger partial charge in [0.05, 0.1) is 6.54 Å². The fourth-order valence-corrected chi connectivity index (χ4v) is 2.55. The van der Waals surface area contributed by atoms with Gasteiger partial charge >= 0.3 is 6.02 Å². The first kappa shape index (κ1) is 12.4. The van der Waals surface area contributed by atoms with Crippen molar-refractivity contribution in [1.29, 1.82) is 0 Å². The van der Waals surface area contributed by atoms with E-state index in [1.807, 2.05) is 59.6 Å². The number of fused-ring (bicyclic) bond motifs is 1. The molecule has 2 heterocycles. The highest BCUT2D eigenvalue weighted by Gasteiger charge is 2.34. The largest absolute Gasteiger partial charge is 0.403 e. The Morgan fingerprint density at radius 2 is 1.81 bits per heavy atom. The average Bonchev–Trinajstić information content (AvgIpc) is 3.07. The lowest BCUT2D eigenvalue weighted by atomic mass is 10.1. The molecule has 2 aliphatic heterocycles. The molecule has 2 aromatic rings. The Kier molecular flexibility index (Phi) is 2.89. The lowest BCUT2D eigenvalue weighted by Gasteiger charge is -2.08. The van der Waals surface area contributed by atoms with Crippen LogP contribution in [0.5, 0.6) is 0 Å². The van der Waals surface area contributed by atoms with Crippen molar-refractivity contribution in [2.45, 2.75) is 6.04 Å². The Labute approximate surface area is 127 Å². The minimum absolute atomic E-state index is 0.0401. The Morgan fingerprint density at radius 1 is 1.05 bits per heavy atom. The van der Waals surface area contributed by atoms with Crippen LogP contribution in [-0.4, -0.2) is 23.5 Å². The number of benzene rings is 2. The van der Waals surface area contributed by atoms with Crippen molar-refractivity contribution in [2.24, 2.45) is 10.1 Å². The molecule has 4 rings (SSSR count). The summed E-state index contributed by atoms with van der Waals surface area (Å²) in [7, 11) is 0. The summed E-state index contributed by atoms with van der Waals surface area (Å²) in [5.41, 5.74) is 2.07. The summed E-state index contributed by atoms with van der Waals surface area (Å²) in [6, 6.07) is 18.2. The van der Waals surface area contributed by atoms with Gasteiger partial charge < -0.3 is 4.74 Å². The van der Waals surface area contributed by atoms with E-state index in [4.69, 9.17) is 16.3 Å². The van der Waals surface area contributed by atoms with E-state index in [0.29, 0.717) is 18.5 Å². The van der Waals surface area contributed by atoms with Crippen molar-refractivity contribution >= 4 is 23.5 Å². The molecule has 4 nitrogen and oxygen atoms in total. The second-order valence-electron chi connectivity index (χ2n) is 4.93. The molecule has 0 radical (unpaired) electrons. The average molecular weight is 298 g/mol. The molecule has 0 fully saturated rings. The van der Waals surface area contributed by atoms with Gasteiger partial charge in [0.1, 0.15) is 6.04 Å². The summed E-state index contributed by atoms with van der Waals surface area (Å²) < 4.78 is 5.75. The monoisotopic (exact) mass is 297 g/mol. The normalized spacial score (nSPS) is 19.9. The SMILES string of the molecule is Clc1ccc(C2CN3N=C(c4ccccc4)OC3=N2)cc1. The Balaban J connectivity index is 1.54. The number of rotatable bonds is 2. The maximum atomic E-state index is 5.91. The number of hydrogen-bond acceptors (Lipinski definition) is 4. The molecule has 1 atom stereocenters. The van der Waals surface area contributed by atoms with Gasteiger partial charge in [-0.25, -0.2) is 10.0 Å². The fourth-order valence-electron chi connectivity index (χ4n) is 2.42. The van der Waals surface area contributed by atoms with Crippen LogP contribution < -0.4 is 0 Å². The van der Waals surface area contributed by atoms with Crippen LogP contribution in [0, 0.1) is 0 Å². The molecule has 0 aliphatic carbocycles. The molecule has 0 N–H and O–H groups in total. The summed E-state index contributed by atoms with van der Waals surface area (Å²) >= 11 is 5.91. The molecule has 0 bridgehead atoms. The van der Waals surface area contributed by atoms with Gasteiger partial charge in [0.2, 0.25) is 5.90 Å². The zero-order valence-corrected chi connectivity index (χ0v) is 11.9. The standard InChI is InChI=1S/C16H12ClN3O/c17-13-8-6-11(7-9-13)14-10-20-16(18-14)21-15(19-20)12-4-2-1-3-5-12/h1-9,14H,10H2. The van der Waals surface area contributed by atoms with Crippen LogP contribution >= 0.6 is 11.6 Å². The molecule has 2 aliphatic rings. The van der Waals surface area contributed by atoms with Gasteiger partial charge in [-0.05, 0) is 29.8 Å². The number of nitrogens with zero attached hydrogens (tertiary/aromatic N) is 3. The van der Waals surface area contributed by atoms with Gasteiger partial charge in [-0.3, -0.25) is 0 Å². The molecule has 2 aromatic carbocycles. The molecule has 0 aromatic heterocycles. The molecule has 0 saturated carbocycles. The summed E-state index contributed by atoms with van der Waals surface area (Å²) in [5, 5.41) is 7.02. The van der Waals surface area contributed by atoms with E-state index >= 15 is 0 Å². The zero-order valence-electron chi connectivity index (χ0n) is 11.1. The molecule has 0 amide bonds. The fraction of sp³-hybridized carbons (Fsp3) is 0.125. The van der Waals surface area contributed by atoms with Gasteiger partial charge in [-0.2, -0.15) is 0 Å². The van der Waals surface area contributed by atoms with Crippen molar-refractivity contribution in [3.05, 3.63) is 70.7 Å². The number of hydrazone groups is 1. The number of aliphatic imine (C=N–C) groups is 1. The van der Waals surface area contributed by atoms with Gasteiger partial charge in [-0.1, -0.05) is 41.9 Å². The van der Waals surface area contributed by atoms with E-state index in [-0.39, 0.29) is 6.04 Å². The van der Waals surface area contributed by atoms with E-state index in [0.717, 1.165) is 16.1 Å². The van der Waals surface area contributed by atoms with Crippen LogP contribution in [0.4, 0.5) is 0 Å². The first-order valence-corrected chi connectivity index (χ1v) is 7.10. The molecule has 1 unspecified atom stereocenters. The predicted octanol–water partition coefficient (Wildman–Crippen LogP) is 3.44. The highest BCUT2D eigenvalue weighted by molar-refractivity contribution is 6.30. The summed E-state index contributed by atoms with van der Waals surface area (Å²) in [5.74, 6) is 0.601. The molecule has 104 valence electrons. The summed E-state index contributed by atoms with van der Waals surface area (Å²) in [6.45, 7) is 0.688. The lowest BCUT2D eigenvalue weighted by molar-refractivity contribution is 0.428. The highest BCUT2D eigenvalue weighted by atomic mass is 35.5. The van der Waals surface area contributed by atoms with E-state index in [1.165, 1.54) is 0 Å². The Hall–Kier alpha value is -2.33. The lowest BCUT2D eigenvalue weighted by Crippen LogP contribution is -2.18. The summed E-state index contributed by atoms with van der Waals surface area (Å²) in [4.78, 5) is 4.59. The van der Waals surface area contributed by atoms with Gasteiger partial charge in [0, 0.05) is 10.6 Å². The number of hydrogen-bond donors (Lipinski definition) is 0. The summed E-state index contributed by atoms with van der Waals surface area (Å²) in [6.07, 6.45) is 0. The molecular formula is C16H12ClN3O. The highest BCUT2D eigenvalue weighted by Crippen LogP contribution is 2.29. The van der Waals surface area contributed by atoms with Crippen LogP contribution in [0.1, 0.15) is 17.2 Å². The molecule has 0 saturated heterocycles. The molecule has 0 spiro atoms. The maximum absolute atomic E-state index is 5.91. The van der Waals surface area contributed by atoms with Crippen molar-refractivity contribution in [1.82, 2.24) is 5.01 Å². The third-order valence-corrected chi connectivity index (χ3v) is 3.76. The molecule has 5 heteroatoms. The molecule has 21 heavy (non-hydrogen) atoms. The zero-order chi connectivity index (χ0) is 14.2. The van der Waals surface area contributed by atoms with Crippen LogP contribution in [0.3, 0.4) is 0 Å². The van der Waals surface area contributed by atoms with Crippen LogP contribution in [-0.2, 0) is 4.74 Å². The van der Waals surface area contributed by atoms with E-state index in [1.54, 1.807) is 0 Å². The maximum Gasteiger partial charge on any atom is 0.316 e. The van der Waals surface area contributed by atoms with Gasteiger partial charge in [0.15, 0.2) is 0 Å². The van der Waals surface area contributed by atoms with Gasteiger partial charge in [0.25, 0.3) is 0 Å². The van der Waals surface area contributed by atoms with Crippen LogP contribution in [0.25, 0.3) is 0 Å². The predicted molar refractivity (Wildman–Crippen MR) is 82.4 cm³/mol. The Bertz CT molecular complexity index is 725. The number of halogens is 1. The first-order valence-electron chi connectivity index (χ1n) is 6.72. The smallest absolute Gasteiger partial charge is 0.316 e. The first-order chi connectivity index (χ1) is 10.3. The van der Waals surface area contributed by atoms with Crippen molar-refractivity contribution in [2.75, 3.05) is 6.54 Å². The van der Waals surface area contributed by atoms with Crippen molar-refractivity contribution in [3.63, 3.8) is 0 Å². The van der Waals surface area contributed by atoms with Gasteiger partial charge in [-0.15, -0.1) is 5.10 Å². The third kappa shape index (κ3) is 2.28. The Morgan fingerprint density at radius 3 is 2.52 bits per heavy atom. The number of amidine groups is 1. The second kappa shape index (κ2) is 4.90. The minimum Gasteiger partial charge on any atom is -0.403 e. The molecular weight excluding hydrogens is 286 g/mol. The van der Waals surface area contributed by atoms with E-state index < -0.39 is 0 Å². The van der Waals surface area contributed by atoms with Crippen LogP contribution in [0.2, 0.25) is 5.02 Å². The van der Waals surface area contributed by atoms with Crippen molar-refractivity contribution < 1.29 is 4.74 Å². The second-order valence-corrected chi connectivity index (χ2v) is 5.37. The van der Waals surface area contributed by atoms with E-state index in [9.17, 15) is 0 Å². The number of ether oxygens (including phenoxy) is 1. The van der Waals surface area contributed by atoms with E-state index in [2.05, 4.69) is 10.1 Å². The van der Waals surface area contributed by atoms with Crippen molar-refractivity contribution in [3.8, 4) is 0 Å². The topological polar surface area (TPSA) is 37.2 Å². The minimum atomic E-state index is 0.0401. The third-order valence-electron chi connectivity index (χ3n) is 3.51. The quantitative estimate of drug-likeness (QED) is 0.851. The van der Waals surface area contributed by atoms with Crippen LogP contribution in [0.15, 0.2) is 64.7 Å².